The molecule has 16 heavy (non-hydrogen) atoms. The molecule has 0 aromatic carbocycles. The smallest absolute Gasteiger partial charge is 0.390 e. The summed E-state index contributed by atoms with van der Waals surface area (Å²) in [6.45, 7) is 1.59. The molecule has 1 aromatic heterocycles. The topological polar surface area (TPSA) is 47.1 Å². The van der Waals surface area contributed by atoms with Gasteiger partial charge in [0.15, 0.2) is 0 Å². The quantitative estimate of drug-likeness (QED) is 0.868. The Morgan fingerprint density at radius 3 is 2.38 bits per heavy atom. The molecule has 0 amide bonds. The predicted molar refractivity (Wildman–Crippen MR) is 56.3 cm³/mol. The number of aryl methyl sites for hydroxylation is 2. The maximum absolute atomic E-state index is 12.1. The zero-order chi connectivity index (χ0) is 12.5. The van der Waals surface area contributed by atoms with Crippen molar-refractivity contribution in [2.45, 2.75) is 19.5 Å². The Hall–Kier alpha value is -1.40. The third-order valence-electron chi connectivity index (χ3n) is 2.33. The Kier molecular flexibility index (Phi) is 3.35. The number of nitrogen functional groups attached to an aromatic ring is 1. The average Bonchev–Trinajstić information content (AvgIpc) is 2.36. The molecule has 0 aliphatic rings. The average molecular weight is 236 g/mol. The number of nitrogens with two attached hydrogens (primary N) is 1. The fourth-order valence-electron chi connectivity index (χ4n) is 1.52. The molecule has 1 rings (SSSR count). The molecule has 1 aromatic rings. The largest absolute Gasteiger partial charge is 0.394 e. The van der Waals surface area contributed by atoms with Gasteiger partial charge in [-0.05, 0) is 6.92 Å². The van der Waals surface area contributed by atoms with E-state index in [1.54, 1.807) is 21.0 Å². The summed E-state index contributed by atoms with van der Waals surface area (Å²) >= 11 is 0. The van der Waals surface area contributed by atoms with Gasteiger partial charge in [-0.25, -0.2) is 0 Å². The van der Waals surface area contributed by atoms with Gasteiger partial charge in [-0.3, -0.25) is 4.68 Å². The standard InChI is InChI=1S/C9H15F3N4/c1-6-7(13)8(16(3)14-6)15(2)5-4-9(10,11)12/h4-5,13H2,1-3H3. The summed E-state index contributed by atoms with van der Waals surface area (Å²) in [4.78, 5) is 1.46. The molecular weight excluding hydrogens is 221 g/mol. The van der Waals surface area contributed by atoms with Gasteiger partial charge in [0.2, 0.25) is 0 Å². The Balaban J connectivity index is 2.77. The highest BCUT2D eigenvalue weighted by Crippen LogP contribution is 2.26. The summed E-state index contributed by atoms with van der Waals surface area (Å²) in [7, 11) is 3.22. The second-order valence-electron chi connectivity index (χ2n) is 3.73. The molecule has 0 aliphatic heterocycles. The summed E-state index contributed by atoms with van der Waals surface area (Å²) in [5, 5.41) is 4.04. The van der Waals surface area contributed by atoms with Crippen molar-refractivity contribution >= 4 is 11.5 Å². The molecular formula is C9H15F3N4. The lowest BCUT2D eigenvalue weighted by Gasteiger charge is -2.20. The van der Waals surface area contributed by atoms with Crippen LogP contribution in [0.4, 0.5) is 24.7 Å². The molecule has 0 fully saturated rings. The Morgan fingerprint density at radius 2 is 2.00 bits per heavy atom. The number of halogens is 3. The second kappa shape index (κ2) is 4.23. The lowest BCUT2D eigenvalue weighted by atomic mass is 10.3. The monoisotopic (exact) mass is 236 g/mol. The van der Waals surface area contributed by atoms with Crippen LogP contribution in [0.2, 0.25) is 0 Å². The lowest BCUT2D eigenvalue weighted by Crippen LogP contribution is -2.26. The summed E-state index contributed by atoms with van der Waals surface area (Å²) in [6.07, 6.45) is -5.02. The van der Waals surface area contributed by atoms with Crippen molar-refractivity contribution in [3.63, 3.8) is 0 Å². The normalized spacial score (nSPS) is 11.9. The first-order chi connectivity index (χ1) is 7.22. The number of aromatic nitrogens is 2. The third kappa shape index (κ3) is 2.80. The van der Waals surface area contributed by atoms with Crippen LogP contribution >= 0.6 is 0 Å². The van der Waals surface area contributed by atoms with E-state index < -0.39 is 12.6 Å². The summed E-state index contributed by atoms with van der Waals surface area (Å²) < 4.78 is 37.7. The Labute approximate surface area is 91.8 Å². The van der Waals surface area contributed by atoms with Crippen LogP contribution in [0.5, 0.6) is 0 Å². The SMILES string of the molecule is Cc1nn(C)c(N(C)CCC(F)(F)F)c1N. The van der Waals surface area contributed by atoms with E-state index >= 15 is 0 Å². The van der Waals surface area contributed by atoms with Crippen molar-refractivity contribution in [1.82, 2.24) is 9.78 Å². The van der Waals surface area contributed by atoms with Crippen LogP contribution in [0.25, 0.3) is 0 Å². The molecule has 0 unspecified atom stereocenters. The second-order valence-corrected chi connectivity index (χ2v) is 3.73. The molecule has 7 heteroatoms. The highest BCUT2D eigenvalue weighted by molar-refractivity contribution is 5.65. The highest BCUT2D eigenvalue weighted by atomic mass is 19.4. The van der Waals surface area contributed by atoms with E-state index in [9.17, 15) is 13.2 Å². The third-order valence-corrected chi connectivity index (χ3v) is 2.33. The van der Waals surface area contributed by atoms with Crippen molar-refractivity contribution in [2.75, 3.05) is 24.2 Å². The molecule has 0 atom stereocenters. The molecule has 1 heterocycles. The van der Waals surface area contributed by atoms with E-state index in [0.717, 1.165) is 0 Å². The van der Waals surface area contributed by atoms with Gasteiger partial charge in [0, 0.05) is 20.6 Å². The molecule has 0 saturated carbocycles. The first-order valence-electron chi connectivity index (χ1n) is 4.79. The molecule has 0 radical (unpaired) electrons. The van der Waals surface area contributed by atoms with Crippen molar-refractivity contribution in [1.29, 1.82) is 0 Å². The first-order valence-corrected chi connectivity index (χ1v) is 4.79. The summed E-state index contributed by atoms with van der Waals surface area (Å²) in [5.74, 6) is 0.516. The molecule has 4 nitrogen and oxygen atoms in total. The van der Waals surface area contributed by atoms with Gasteiger partial charge in [-0.15, -0.1) is 0 Å². The number of hydrogen-bond donors (Lipinski definition) is 1. The number of hydrogen-bond acceptors (Lipinski definition) is 3. The minimum Gasteiger partial charge on any atom is -0.394 e. The fourth-order valence-corrected chi connectivity index (χ4v) is 1.52. The van der Waals surface area contributed by atoms with Crippen molar-refractivity contribution in [2.24, 2.45) is 7.05 Å². The van der Waals surface area contributed by atoms with Gasteiger partial charge in [-0.1, -0.05) is 0 Å². The van der Waals surface area contributed by atoms with E-state index in [0.29, 0.717) is 17.2 Å². The van der Waals surface area contributed by atoms with Crippen molar-refractivity contribution in [3.05, 3.63) is 5.69 Å². The number of anilines is 2. The van der Waals surface area contributed by atoms with E-state index in [1.807, 2.05) is 0 Å². The summed E-state index contributed by atoms with van der Waals surface area (Å²) in [5.41, 5.74) is 6.78. The number of rotatable bonds is 3. The molecule has 0 spiro atoms. The Morgan fingerprint density at radius 1 is 1.44 bits per heavy atom. The zero-order valence-electron chi connectivity index (χ0n) is 9.47. The minimum absolute atomic E-state index is 0.132. The minimum atomic E-state index is -4.16. The van der Waals surface area contributed by atoms with Gasteiger partial charge < -0.3 is 10.6 Å². The van der Waals surface area contributed by atoms with Gasteiger partial charge in [0.25, 0.3) is 0 Å². The van der Waals surface area contributed by atoms with Crippen LogP contribution < -0.4 is 10.6 Å². The summed E-state index contributed by atoms with van der Waals surface area (Å²) in [6, 6.07) is 0. The fraction of sp³-hybridized carbons (Fsp3) is 0.667. The maximum Gasteiger partial charge on any atom is 0.390 e. The van der Waals surface area contributed by atoms with Gasteiger partial charge in [0.05, 0.1) is 17.8 Å². The van der Waals surface area contributed by atoms with E-state index in [-0.39, 0.29) is 6.54 Å². The van der Waals surface area contributed by atoms with Crippen LogP contribution in [0.1, 0.15) is 12.1 Å². The number of nitrogens with zero attached hydrogens (tertiary/aromatic N) is 3. The van der Waals surface area contributed by atoms with Crippen LogP contribution in [0, 0.1) is 6.92 Å². The first kappa shape index (κ1) is 12.7. The van der Waals surface area contributed by atoms with E-state index in [1.165, 1.54) is 9.58 Å². The Bertz CT molecular complexity index is 370. The van der Waals surface area contributed by atoms with Crippen molar-refractivity contribution < 1.29 is 13.2 Å². The predicted octanol–water partition coefficient (Wildman–Crippen LogP) is 1.70. The molecule has 0 saturated heterocycles. The van der Waals surface area contributed by atoms with Gasteiger partial charge in [0.1, 0.15) is 5.82 Å². The molecule has 92 valence electrons. The highest BCUT2D eigenvalue weighted by Gasteiger charge is 2.28. The lowest BCUT2D eigenvalue weighted by molar-refractivity contribution is -0.132. The molecule has 0 bridgehead atoms. The zero-order valence-corrected chi connectivity index (χ0v) is 9.47. The molecule has 2 N–H and O–H groups in total. The van der Waals surface area contributed by atoms with E-state index in [2.05, 4.69) is 5.10 Å². The maximum atomic E-state index is 12.1. The van der Waals surface area contributed by atoms with Crippen LogP contribution in [-0.4, -0.2) is 29.5 Å². The van der Waals surface area contributed by atoms with Gasteiger partial charge >= 0.3 is 6.18 Å². The number of alkyl halides is 3. The van der Waals surface area contributed by atoms with E-state index in [4.69, 9.17) is 5.73 Å². The van der Waals surface area contributed by atoms with Crippen LogP contribution in [0.15, 0.2) is 0 Å². The molecule has 0 aliphatic carbocycles. The van der Waals surface area contributed by atoms with Crippen molar-refractivity contribution in [3.8, 4) is 0 Å². The van der Waals surface area contributed by atoms with Crippen LogP contribution in [-0.2, 0) is 7.05 Å². The van der Waals surface area contributed by atoms with Crippen LogP contribution in [0.3, 0.4) is 0 Å². The van der Waals surface area contributed by atoms with Gasteiger partial charge in [-0.2, -0.15) is 18.3 Å².